The van der Waals surface area contributed by atoms with E-state index in [-0.39, 0.29) is 5.91 Å². The number of rotatable bonds is 4. The Morgan fingerprint density at radius 3 is 2.78 bits per heavy atom. The minimum Gasteiger partial charge on any atom is -0.357 e. The lowest BCUT2D eigenvalue weighted by Crippen LogP contribution is -2.24. The van der Waals surface area contributed by atoms with Crippen LogP contribution in [0.5, 0.6) is 0 Å². The molecule has 23 heavy (non-hydrogen) atoms. The summed E-state index contributed by atoms with van der Waals surface area (Å²) in [4.78, 5) is 19.1. The number of nitrogens with zero attached hydrogens (tertiary/aromatic N) is 2. The molecule has 1 saturated heterocycles. The summed E-state index contributed by atoms with van der Waals surface area (Å²) < 4.78 is 0.982. The zero-order chi connectivity index (χ0) is 16.2. The number of amides is 1. The van der Waals surface area contributed by atoms with Gasteiger partial charge in [0.2, 0.25) is 0 Å². The zero-order valence-electron chi connectivity index (χ0n) is 13.2. The molecule has 0 spiro atoms. The average molecular weight is 374 g/mol. The number of pyridine rings is 1. The molecular weight excluding hydrogens is 354 g/mol. The van der Waals surface area contributed by atoms with Gasteiger partial charge in [0.25, 0.3) is 5.91 Å². The van der Waals surface area contributed by atoms with Gasteiger partial charge in [-0.2, -0.15) is 0 Å². The molecule has 4 nitrogen and oxygen atoms in total. The van der Waals surface area contributed by atoms with E-state index in [1.807, 2.05) is 37.4 Å². The first-order chi connectivity index (χ1) is 11.1. The number of aromatic nitrogens is 1. The molecule has 0 aliphatic carbocycles. The van der Waals surface area contributed by atoms with Crippen molar-refractivity contribution in [3.8, 4) is 0 Å². The number of carbonyl (C=O) groups is 1. The minimum absolute atomic E-state index is 0.0467. The lowest BCUT2D eigenvalue weighted by molar-refractivity contribution is 0.0950. The van der Waals surface area contributed by atoms with Gasteiger partial charge in [-0.3, -0.25) is 4.79 Å². The fraction of sp³-hybridized carbons (Fsp3) is 0.333. The molecule has 0 atom stereocenters. The third kappa shape index (κ3) is 3.91. The Balaban J connectivity index is 1.65. The number of aryl methyl sites for hydroxylation is 1. The summed E-state index contributed by atoms with van der Waals surface area (Å²) in [7, 11) is 0. The predicted octanol–water partition coefficient (Wildman–Crippen LogP) is 3.68. The van der Waals surface area contributed by atoms with Gasteiger partial charge in [-0.25, -0.2) is 4.98 Å². The smallest absolute Gasteiger partial charge is 0.251 e. The summed E-state index contributed by atoms with van der Waals surface area (Å²) in [5.74, 6) is 0.962. The Kier molecular flexibility index (Phi) is 4.96. The standard InChI is InChI=1S/C18H20BrN3O/c1-13-10-15(19)4-5-16(13)18(23)21-12-14-6-7-20-17(11-14)22-8-2-3-9-22/h4-7,10-11H,2-3,8-9,12H2,1H3,(H,21,23). The quantitative estimate of drug-likeness (QED) is 0.888. The van der Waals surface area contributed by atoms with E-state index >= 15 is 0 Å². The predicted molar refractivity (Wildman–Crippen MR) is 95.7 cm³/mol. The number of hydrogen-bond donors (Lipinski definition) is 1. The largest absolute Gasteiger partial charge is 0.357 e. The number of benzene rings is 1. The molecule has 0 saturated carbocycles. The topological polar surface area (TPSA) is 45.2 Å². The van der Waals surface area contributed by atoms with E-state index in [2.05, 4.69) is 37.2 Å². The van der Waals surface area contributed by atoms with E-state index in [4.69, 9.17) is 0 Å². The molecule has 0 radical (unpaired) electrons. The molecule has 0 bridgehead atoms. The Labute approximate surface area is 145 Å². The van der Waals surface area contributed by atoms with Gasteiger partial charge in [0.15, 0.2) is 0 Å². The van der Waals surface area contributed by atoms with Crippen LogP contribution < -0.4 is 10.2 Å². The Hall–Kier alpha value is -1.88. The maximum atomic E-state index is 12.3. The summed E-state index contributed by atoms with van der Waals surface area (Å²) in [6, 6.07) is 9.71. The monoisotopic (exact) mass is 373 g/mol. The molecule has 2 aromatic rings. The van der Waals surface area contributed by atoms with Crippen molar-refractivity contribution in [3.63, 3.8) is 0 Å². The molecule has 1 aromatic carbocycles. The SMILES string of the molecule is Cc1cc(Br)ccc1C(=O)NCc1ccnc(N2CCCC2)c1. The van der Waals surface area contributed by atoms with E-state index in [1.54, 1.807) is 0 Å². The van der Waals surface area contributed by atoms with Crippen LogP contribution in [0.3, 0.4) is 0 Å². The van der Waals surface area contributed by atoms with Crippen molar-refractivity contribution >= 4 is 27.7 Å². The van der Waals surface area contributed by atoms with Gasteiger partial charge in [0.1, 0.15) is 5.82 Å². The maximum Gasteiger partial charge on any atom is 0.251 e. The van der Waals surface area contributed by atoms with Crippen LogP contribution in [0.1, 0.15) is 34.3 Å². The molecule has 1 fully saturated rings. The molecular formula is C18H20BrN3O. The highest BCUT2D eigenvalue weighted by Crippen LogP contribution is 2.19. The highest BCUT2D eigenvalue weighted by atomic mass is 79.9. The van der Waals surface area contributed by atoms with Crippen LogP contribution in [0.2, 0.25) is 0 Å². The second-order valence-corrected chi connectivity index (χ2v) is 6.77. The van der Waals surface area contributed by atoms with Crippen LogP contribution in [-0.2, 0) is 6.54 Å². The van der Waals surface area contributed by atoms with Crippen molar-refractivity contribution in [3.05, 3.63) is 57.7 Å². The lowest BCUT2D eigenvalue weighted by Gasteiger charge is -2.17. The summed E-state index contributed by atoms with van der Waals surface area (Å²) in [5, 5.41) is 2.99. The van der Waals surface area contributed by atoms with E-state index in [0.717, 1.165) is 34.5 Å². The Morgan fingerprint density at radius 2 is 2.04 bits per heavy atom. The number of carbonyl (C=O) groups excluding carboxylic acids is 1. The summed E-state index contributed by atoms with van der Waals surface area (Å²) in [6.07, 6.45) is 4.27. The fourth-order valence-corrected chi connectivity index (χ4v) is 3.32. The van der Waals surface area contributed by atoms with Crippen molar-refractivity contribution in [1.29, 1.82) is 0 Å². The van der Waals surface area contributed by atoms with Crippen LogP contribution in [0.15, 0.2) is 41.0 Å². The minimum atomic E-state index is -0.0467. The van der Waals surface area contributed by atoms with Gasteiger partial charge in [0, 0.05) is 35.9 Å². The van der Waals surface area contributed by atoms with Gasteiger partial charge in [-0.1, -0.05) is 15.9 Å². The summed E-state index contributed by atoms with van der Waals surface area (Å²) >= 11 is 3.42. The van der Waals surface area contributed by atoms with Crippen LogP contribution in [-0.4, -0.2) is 24.0 Å². The Bertz CT molecular complexity index is 711. The normalized spacial score (nSPS) is 14.1. The Morgan fingerprint density at radius 1 is 1.26 bits per heavy atom. The van der Waals surface area contributed by atoms with Crippen molar-refractivity contribution in [2.75, 3.05) is 18.0 Å². The second-order valence-electron chi connectivity index (χ2n) is 5.86. The van der Waals surface area contributed by atoms with Crippen molar-refractivity contribution in [1.82, 2.24) is 10.3 Å². The lowest BCUT2D eigenvalue weighted by atomic mass is 10.1. The van der Waals surface area contributed by atoms with Gasteiger partial charge < -0.3 is 10.2 Å². The fourth-order valence-electron chi connectivity index (χ4n) is 2.85. The van der Waals surface area contributed by atoms with Gasteiger partial charge >= 0.3 is 0 Å². The first-order valence-electron chi connectivity index (χ1n) is 7.88. The van der Waals surface area contributed by atoms with Crippen LogP contribution in [0, 0.1) is 6.92 Å². The summed E-state index contributed by atoms with van der Waals surface area (Å²) in [6.45, 7) is 4.59. The first-order valence-corrected chi connectivity index (χ1v) is 8.67. The molecule has 1 aliphatic rings. The van der Waals surface area contributed by atoms with Crippen molar-refractivity contribution < 1.29 is 4.79 Å². The number of halogens is 1. The molecule has 5 heteroatoms. The van der Waals surface area contributed by atoms with Crippen molar-refractivity contribution in [2.24, 2.45) is 0 Å². The zero-order valence-corrected chi connectivity index (χ0v) is 14.8. The van der Waals surface area contributed by atoms with E-state index < -0.39 is 0 Å². The highest BCUT2D eigenvalue weighted by Gasteiger charge is 2.14. The molecule has 1 aliphatic heterocycles. The molecule has 2 heterocycles. The first kappa shape index (κ1) is 16.0. The second kappa shape index (κ2) is 7.13. The van der Waals surface area contributed by atoms with Crippen LogP contribution in [0.4, 0.5) is 5.82 Å². The number of anilines is 1. The van der Waals surface area contributed by atoms with Crippen LogP contribution >= 0.6 is 15.9 Å². The van der Waals surface area contributed by atoms with Crippen molar-refractivity contribution in [2.45, 2.75) is 26.3 Å². The van der Waals surface area contributed by atoms with Gasteiger partial charge in [-0.05, 0) is 61.2 Å². The van der Waals surface area contributed by atoms with E-state index in [0.29, 0.717) is 12.1 Å². The molecule has 120 valence electrons. The third-order valence-electron chi connectivity index (χ3n) is 4.13. The van der Waals surface area contributed by atoms with E-state index in [1.165, 1.54) is 12.8 Å². The van der Waals surface area contributed by atoms with Crippen LogP contribution in [0.25, 0.3) is 0 Å². The van der Waals surface area contributed by atoms with E-state index in [9.17, 15) is 4.79 Å². The molecule has 0 unspecified atom stereocenters. The highest BCUT2D eigenvalue weighted by molar-refractivity contribution is 9.10. The van der Waals surface area contributed by atoms with Gasteiger partial charge in [0.05, 0.1) is 0 Å². The molecule has 3 rings (SSSR count). The average Bonchev–Trinajstić information content (AvgIpc) is 3.07. The number of nitrogens with one attached hydrogen (secondary N) is 1. The molecule has 1 N–H and O–H groups in total. The third-order valence-corrected chi connectivity index (χ3v) is 4.62. The van der Waals surface area contributed by atoms with Gasteiger partial charge in [-0.15, -0.1) is 0 Å². The molecule has 1 amide bonds. The maximum absolute atomic E-state index is 12.3. The summed E-state index contributed by atoms with van der Waals surface area (Å²) in [5.41, 5.74) is 2.75. The molecule has 1 aromatic heterocycles. The number of hydrogen-bond acceptors (Lipinski definition) is 3.